The van der Waals surface area contributed by atoms with Crippen molar-refractivity contribution in [1.82, 2.24) is 0 Å². The van der Waals surface area contributed by atoms with Crippen molar-refractivity contribution in [2.75, 3.05) is 14.2 Å². The van der Waals surface area contributed by atoms with Gasteiger partial charge in [-0.1, -0.05) is 58.9 Å². The second-order valence-electron chi connectivity index (χ2n) is 6.76. The maximum Gasteiger partial charge on any atom is 0.131 e. The Kier molecular flexibility index (Phi) is 8.71. The van der Waals surface area contributed by atoms with Gasteiger partial charge < -0.3 is 9.47 Å². The molecule has 2 rings (SSSR count). The maximum atomic E-state index is 14.6. The Morgan fingerprint density at radius 1 is 1.07 bits per heavy atom. The predicted octanol–water partition coefficient (Wildman–Crippen LogP) is 6.99. The zero-order valence-electron chi connectivity index (χ0n) is 17.7. The topological polar surface area (TPSA) is 18.5 Å². The molecule has 3 heteroatoms. The average molecular weight is 373 g/mol. The van der Waals surface area contributed by atoms with Gasteiger partial charge in [0.25, 0.3) is 0 Å². The third kappa shape index (κ3) is 5.20. The van der Waals surface area contributed by atoms with Gasteiger partial charge in [0.1, 0.15) is 11.6 Å². The van der Waals surface area contributed by atoms with E-state index >= 15 is 0 Å². The van der Waals surface area contributed by atoms with Crippen LogP contribution in [0.2, 0.25) is 0 Å². The van der Waals surface area contributed by atoms with Crippen LogP contribution in [0.4, 0.5) is 4.39 Å². The summed E-state index contributed by atoms with van der Waals surface area (Å²) in [6.45, 7) is 14.2. The van der Waals surface area contributed by atoms with Gasteiger partial charge >= 0.3 is 0 Å². The number of methoxy groups -OCH3 is 2. The highest BCUT2D eigenvalue weighted by atomic mass is 19.1. The van der Waals surface area contributed by atoms with Crippen molar-refractivity contribution < 1.29 is 13.9 Å². The third-order valence-electron chi connectivity index (χ3n) is 4.71. The normalized spacial score (nSPS) is 12.0. The minimum Gasteiger partial charge on any atom is -0.497 e. The van der Waals surface area contributed by atoms with E-state index in [1.807, 2.05) is 32.1 Å². The van der Waals surface area contributed by atoms with Crippen molar-refractivity contribution in [3.63, 3.8) is 0 Å². The van der Waals surface area contributed by atoms with Crippen LogP contribution < -0.4 is 4.74 Å². The van der Waals surface area contributed by atoms with Crippen molar-refractivity contribution in [3.05, 3.63) is 66.0 Å². The fourth-order valence-corrected chi connectivity index (χ4v) is 3.07. The van der Waals surface area contributed by atoms with E-state index in [1.165, 1.54) is 11.6 Å². The molecule has 27 heavy (non-hydrogen) atoms. The fraction of sp³-hybridized carbons (Fsp3) is 0.417. The second kappa shape index (κ2) is 10.3. The molecule has 0 bridgehead atoms. The Balaban J connectivity index is 0.00000176. The number of ether oxygens (including phenoxy) is 2. The summed E-state index contributed by atoms with van der Waals surface area (Å²) in [7, 11) is 3.26. The first-order valence-electron chi connectivity index (χ1n) is 9.51. The van der Waals surface area contributed by atoms with E-state index in [0.29, 0.717) is 11.3 Å². The van der Waals surface area contributed by atoms with Crippen LogP contribution in [0.5, 0.6) is 5.75 Å². The minimum atomic E-state index is -0.300. The first-order valence-corrected chi connectivity index (χ1v) is 9.51. The molecule has 2 aromatic carbocycles. The Morgan fingerprint density at radius 3 is 2.26 bits per heavy atom. The molecule has 0 aliphatic rings. The van der Waals surface area contributed by atoms with Gasteiger partial charge in [-0.2, -0.15) is 0 Å². The average Bonchev–Trinajstić information content (AvgIpc) is 2.70. The Labute approximate surface area is 164 Å². The summed E-state index contributed by atoms with van der Waals surface area (Å²) in [5, 5.41) is 0. The first-order chi connectivity index (χ1) is 12.9. The fourth-order valence-electron chi connectivity index (χ4n) is 3.07. The first kappa shape index (κ1) is 22.9. The number of hydrogen-bond donors (Lipinski definition) is 0. The Morgan fingerprint density at radius 2 is 1.74 bits per heavy atom. The van der Waals surface area contributed by atoms with Crippen LogP contribution in [0.15, 0.2) is 49.1 Å². The van der Waals surface area contributed by atoms with E-state index in [-0.39, 0.29) is 17.3 Å². The van der Waals surface area contributed by atoms with Crippen molar-refractivity contribution in [2.24, 2.45) is 5.41 Å². The molecule has 0 aliphatic heterocycles. The van der Waals surface area contributed by atoms with Crippen molar-refractivity contribution in [2.45, 2.75) is 47.1 Å². The third-order valence-corrected chi connectivity index (χ3v) is 4.71. The highest BCUT2D eigenvalue weighted by molar-refractivity contribution is 5.70. The van der Waals surface area contributed by atoms with E-state index in [1.54, 1.807) is 26.4 Å². The van der Waals surface area contributed by atoms with Gasteiger partial charge in [-0.3, -0.25) is 0 Å². The van der Waals surface area contributed by atoms with Crippen molar-refractivity contribution >= 4 is 0 Å². The molecule has 0 heterocycles. The lowest BCUT2D eigenvalue weighted by molar-refractivity contribution is 0.0307. The summed E-state index contributed by atoms with van der Waals surface area (Å²) in [4.78, 5) is 0. The lowest BCUT2D eigenvalue weighted by Crippen LogP contribution is -2.22. The van der Waals surface area contributed by atoms with Gasteiger partial charge in [0.2, 0.25) is 0 Å². The number of benzene rings is 2. The zero-order chi connectivity index (χ0) is 20.6. The molecule has 1 atom stereocenters. The van der Waals surface area contributed by atoms with Crippen LogP contribution in [0.3, 0.4) is 0 Å². The van der Waals surface area contributed by atoms with Crippen molar-refractivity contribution in [1.29, 1.82) is 0 Å². The van der Waals surface area contributed by atoms with Crippen LogP contribution in [-0.2, 0) is 11.2 Å². The minimum absolute atomic E-state index is 0.239. The van der Waals surface area contributed by atoms with Gasteiger partial charge in [0.05, 0.1) is 13.2 Å². The molecule has 0 saturated carbocycles. The summed E-state index contributed by atoms with van der Waals surface area (Å²) in [6.07, 6.45) is 2.54. The molecule has 0 saturated heterocycles. The molecular formula is C24H33FO2. The smallest absolute Gasteiger partial charge is 0.131 e. The van der Waals surface area contributed by atoms with E-state index in [9.17, 15) is 4.39 Å². The molecule has 0 aromatic heterocycles. The molecule has 2 nitrogen and oxygen atoms in total. The van der Waals surface area contributed by atoms with Crippen molar-refractivity contribution in [3.8, 4) is 16.9 Å². The van der Waals surface area contributed by atoms with Crippen LogP contribution in [0.25, 0.3) is 11.1 Å². The summed E-state index contributed by atoms with van der Waals surface area (Å²) in [5.74, 6) is 0.344. The molecule has 0 N–H and O–H groups in total. The van der Waals surface area contributed by atoms with Crippen LogP contribution in [-0.4, -0.2) is 14.2 Å². The van der Waals surface area contributed by atoms with Gasteiger partial charge in [-0.05, 0) is 41.3 Å². The summed E-state index contributed by atoms with van der Waals surface area (Å²) in [5.41, 5.74) is 3.17. The van der Waals surface area contributed by atoms with Gasteiger partial charge in [-0.15, -0.1) is 6.58 Å². The summed E-state index contributed by atoms with van der Waals surface area (Å²) < 4.78 is 25.7. The Bertz CT molecular complexity index is 750. The summed E-state index contributed by atoms with van der Waals surface area (Å²) in [6, 6.07) is 10.9. The highest BCUT2D eigenvalue weighted by Gasteiger charge is 2.30. The van der Waals surface area contributed by atoms with Crippen LogP contribution in [0.1, 0.15) is 51.8 Å². The standard InChI is InChI=1S/C22H27FO2.C2H6/c1-7-15-9-11-17(18-14-16(24-5)10-12-20(18)23)19(13-15)21(25-6)22(3,4)8-2;1-2/h8-14,21H,2,7H2,1,3-6H3;1-2H3. The second-order valence-corrected chi connectivity index (χ2v) is 6.76. The maximum absolute atomic E-state index is 14.6. The molecule has 2 aromatic rings. The number of rotatable bonds is 7. The van der Waals surface area contributed by atoms with E-state index in [4.69, 9.17) is 9.47 Å². The van der Waals surface area contributed by atoms with E-state index in [2.05, 4.69) is 33.4 Å². The van der Waals surface area contributed by atoms with Gasteiger partial charge in [0.15, 0.2) is 0 Å². The van der Waals surface area contributed by atoms with Gasteiger partial charge in [0, 0.05) is 18.1 Å². The largest absolute Gasteiger partial charge is 0.497 e. The molecule has 148 valence electrons. The SMILES string of the molecule is C=CC(C)(C)C(OC)c1cc(CC)ccc1-c1cc(OC)ccc1F.CC. The molecule has 0 amide bonds. The molecule has 1 unspecified atom stereocenters. The molecule has 0 radical (unpaired) electrons. The monoisotopic (exact) mass is 372 g/mol. The number of halogens is 1. The summed E-state index contributed by atoms with van der Waals surface area (Å²) >= 11 is 0. The van der Waals surface area contributed by atoms with Gasteiger partial charge in [-0.25, -0.2) is 4.39 Å². The van der Waals surface area contributed by atoms with Crippen LogP contribution >= 0.6 is 0 Å². The highest BCUT2D eigenvalue weighted by Crippen LogP contribution is 2.42. The number of hydrogen-bond acceptors (Lipinski definition) is 2. The predicted molar refractivity (Wildman–Crippen MR) is 113 cm³/mol. The molecule has 0 fully saturated rings. The Hall–Kier alpha value is -2.13. The quantitative estimate of drug-likeness (QED) is 0.488. The van der Waals surface area contributed by atoms with Crippen LogP contribution in [0, 0.1) is 11.2 Å². The molecular weight excluding hydrogens is 339 g/mol. The van der Waals surface area contributed by atoms with E-state index < -0.39 is 0 Å². The zero-order valence-corrected chi connectivity index (χ0v) is 17.7. The lowest BCUT2D eigenvalue weighted by Gasteiger charge is -2.32. The van der Waals surface area contributed by atoms with E-state index in [0.717, 1.165) is 17.5 Å². The lowest BCUT2D eigenvalue weighted by atomic mass is 9.79. The number of aryl methyl sites for hydroxylation is 1. The molecule has 0 aliphatic carbocycles. The molecule has 0 spiro atoms.